The smallest absolute Gasteiger partial charge is 0.309 e. The largest absolute Gasteiger partial charge is 0.493 e. The van der Waals surface area contributed by atoms with E-state index in [-0.39, 0.29) is 29.5 Å². The van der Waals surface area contributed by atoms with Gasteiger partial charge in [0.1, 0.15) is 18.0 Å². The van der Waals surface area contributed by atoms with Gasteiger partial charge in [0, 0.05) is 30.6 Å². The Morgan fingerprint density at radius 1 is 1.08 bits per heavy atom. The maximum Gasteiger partial charge on any atom is 0.309 e. The van der Waals surface area contributed by atoms with Gasteiger partial charge in [-0.15, -0.1) is 0 Å². The van der Waals surface area contributed by atoms with Crippen LogP contribution in [0.25, 0.3) is 0 Å². The van der Waals surface area contributed by atoms with E-state index < -0.39 is 42.6 Å². The second kappa shape index (κ2) is 14.4. The summed E-state index contributed by atoms with van der Waals surface area (Å²) in [7, 11) is 1.41. The highest BCUT2D eigenvalue weighted by molar-refractivity contribution is 6.35. The molecule has 1 aromatic carbocycles. The molecule has 0 spiro atoms. The lowest BCUT2D eigenvalue weighted by atomic mass is 9.96. The van der Waals surface area contributed by atoms with E-state index in [4.69, 9.17) is 46.9 Å². The van der Waals surface area contributed by atoms with Crippen LogP contribution >= 0.6 is 23.2 Å². The summed E-state index contributed by atoms with van der Waals surface area (Å²) >= 11 is 12.4. The molecule has 2 aromatic rings. The highest BCUT2D eigenvalue weighted by Gasteiger charge is 2.35. The van der Waals surface area contributed by atoms with Gasteiger partial charge >= 0.3 is 11.9 Å². The number of ether oxygens (including phenoxy) is 5. The van der Waals surface area contributed by atoms with Gasteiger partial charge in [-0.2, -0.15) is 0 Å². The third-order valence-electron chi connectivity index (χ3n) is 6.50. The van der Waals surface area contributed by atoms with Crippen molar-refractivity contribution < 1.29 is 38.1 Å². The minimum absolute atomic E-state index is 0.0229. The van der Waals surface area contributed by atoms with Crippen molar-refractivity contribution in [2.24, 2.45) is 11.8 Å². The topological polar surface area (TPSA) is 110 Å². The number of hydrogen-bond donors (Lipinski definition) is 0. The van der Waals surface area contributed by atoms with Crippen molar-refractivity contribution in [1.82, 2.24) is 4.98 Å². The molecule has 0 N–H and O–H groups in total. The maximum atomic E-state index is 13.1. The summed E-state index contributed by atoms with van der Waals surface area (Å²) in [4.78, 5) is 41.4. The molecule has 0 saturated heterocycles. The highest BCUT2D eigenvalue weighted by atomic mass is 35.5. The van der Waals surface area contributed by atoms with Gasteiger partial charge in [0.25, 0.3) is 0 Å². The predicted molar refractivity (Wildman–Crippen MR) is 145 cm³/mol. The number of benzene rings is 1. The van der Waals surface area contributed by atoms with Crippen LogP contribution < -0.4 is 14.2 Å². The Morgan fingerprint density at radius 3 is 2.44 bits per heavy atom. The molecular weight excluding hydrogens is 549 g/mol. The Kier molecular flexibility index (Phi) is 11.2. The van der Waals surface area contributed by atoms with Crippen LogP contribution in [0.3, 0.4) is 0 Å². The van der Waals surface area contributed by atoms with E-state index in [0.717, 1.165) is 25.7 Å². The second-order valence-corrected chi connectivity index (χ2v) is 10.3. The lowest BCUT2D eigenvalue weighted by Crippen LogP contribution is -2.40. The fourth-order valence-corrected chi connectivity index (χ4v) is 4.96. The van der Waals surface area contributed by atoms with Crippen LogP contribution in [0.4, 0.5) is 0 Å². The fourth-order valence-electron chi connectivity index (χ4n) is 4.50. The number of esters is 2. The molecule has 0 unspecified atom stereocenters. The Labute approximate surface area is 238 Å². The van der Waals surface area contributed by atoms with Crippen LogP contribution in [0.1, 0.15) is 63.4 Å². The summed E-state index contributed by atoms with van der Waals surface area (Å²) in [5.41, 5.74) is -0.0428. The number of halogens is 2. The fraction of sp³-hybridized carbons (Fsp3) is 0.500. The van der Waals surface area contributed by atoms with Gasteiger partial charge in [-0.25, -0.2) is 4.98 Å². The summed E-state index contributed by atoms with van der Waals surface area (Å²) in [5, 5.41) is 0.869. The number of pyridine rings is 1. The number of hydrogen-bond acceptors (Lipinski definition) is 9. The quantitative estimate of drug-likeness (QED) is 0.158. The van der Waals surface area contributed by atoms with Crippen LogP contribution in [-0.2, 0) is 19.1 Å². The van der Waals surface area contributed by atoms with Gasteiger partial charge in [-0.3, -0.25) is 14.4 Å². The molecule has 0 bridgehead atoms. The van der Waals surface area contributed by atoms with Crippen molar-refractivity contribution in [2.75, 3.05) is 13.9 Å². The van der Waals surface area contributed by atoms with E-state index in [9.17, 15) is 14.4 Å². The number of nitrogens with zero attached hydrogens (tertiary/aromatic N) is 1. The van der Waals surface area contributed by atoms with Crippen LogP contribution in [0.15, 0.2) is 30.5 Å². The molecule has 39 heavy (non-hydrogen) atoms. The average Bonchev–Trinajstić information content (AvgIpc) is 3.42. The number of carbonyl (C=O) groups is 3. The second-order valence-electron chi connectivity index (χ2n) is 9.46. The van der Waals surface area contributed by atoms with Crippen molar-refractivity contribution in [2.45, 2.75) is 65.1 Å². The summed E-state index contributed by atoms with van der Waals surface area (Å²) in [5.74, 6) is -1.41. The van der Waals surface area contributed by atoms with Crippen molar-refractivity contribution >= 4 is 40.9 Å². The van der Waals surface area contributed by atoms with E-state index >= 15 is 0 Å². The van der Waals surface area contributed by atoms with Gasteiger partial charge in [-0.05, 0) is 43.9 Å². The molecular formula is C28H33Cl2NO8. The van der Waals surface area contributed by atoms with Gasteiger partial charge in [0.2, 0.25) is 6.79 Å². The molecule has 3 atom stereocenters. The predicted octanol–water partition coefficient (Wildman–Crippen LogP) is 6.07. The summed E-state index contributed by atoms with van der Waals surface area (Å²) < 4.78 is 27.6. The van der Waals surface area contributed by atoms with Crippen molar-refractivity contribution in [3.63, 3.8) is 0 Å². The van der Waals surface area contributed by atoms with E-state index in [1.54, 1.807) is 32.0 Å². The number of ketones is 1. The minimum atomic E-state index is -0.780. The normalized spacial score (nSPS) is 15.6. The molecule has 11 heteroatoms. The van der Waals surface area contributed by atoms with Gasteiger partial charge in [0.05, 0.1) is 18.1 Å². The first-order chi connectivity index (χ1) is 18.6. The zero-order valence-corrected chi connectivity index (χ0v) is 23.9. The summed E-state index contributed by atoms with van der Waals surface area (Å²) in [6, 6.07) is 6.50. The molecule has 3 rings (SSSR count). The first-order valence-electron chi connectivity index (χ1n) is 12.7. The Balaban J connectivity index is 1.68. The number of aromatic nitrogens is 1. The van der Waals surface area contributed by atoms with Crippen LogP contribution in [0.5, 0.6) is 17.2 Å². The van der Waals surface area contributed by atoms with Crippen LogP contribution in [-0.4, -0.2) is 48.8 Å². The van der Waals surface area contributed by atoms with Crippen molar-refractivity contribution in [3.05, 3.63) is 46.2 Å². The SMILES string of the molecule is COc1ccnc(C(=O)C[C@@H](C)C(=O)O[C@@H](C)[C@H](Oc2ccc(Cl)cc2Cl)C2CCCC2)c1OCOC(C)=O. The molecule has 1 aliphatic carbocycles. The highest BCUT2D eigenvalue weighted by Crippen LogP contribution is 2.36. The summed E-state index contributed by atoms with van der Waals surface area (Å²) in [6.45, 7) is 4.20. The van der Waals surface area contributed by atoms with E-state index in [1.165, 1.54) is 26.3 Å². The third-order valence-corrected chi connectivity index (χ3v) is 7.03. The molecule has 1 aromatic heterocycles. The maximum absolute atomic E-state index is 13.1. The molecule has 212 valence electrons. The van der Waals surface area contributed by atoms with E-state index in [0.29, 0.717) is 15.8 Å². The lowest BCUT2D eigenvalue weighted by Gasteiger charge is -2.30. The molecule has 0 amide bonds. The van der Waals surface area contributed by atoms with Crippen molar-refractivity contribution in [3.8, 4) is 17.2 Å². The molecule has 1 fully saturated rings. The van der Waals surface area contributed by atoms with Crippen molar-refractivity contribution in [1.29, 1.82) is 0 Å². The molecule has 0 radical (unpaired) electrons. The lowest BCUT2D eigenvalue weighted by molar-refractivity contribution is -0.158. The molecule has 1 saturated carbocycles. The first-order valence-corrected chi connectivity index (χ1v) is 13.5. The third kappa shape index (κ3) is 8.47. The number of carbonyl (C=O) groups excluding carboxylic acids is 3. The van der Waals surface area contributed by atoms with Gasteiger partial charge in [0.15, 0.2) is 23.0 Å². The number of Topliss-reactive ketones (excluding diaryl/α,β-unsaturated/α-hetero) is 1. The number of methoxy groups -OCH3 is 1. The van der Waals surface area contributed by atoms with E-state index in [1.807, 2.05) is 0 Å². The Morgan fingerprint density at radius 2 is 1.79 bits per heavy atom. The average molecular weight is 582 g/mol. The van der Waals surface area contributed by atoms with Gasteiger partial charge < -0.3 is 23.7 Å². The van der Waals surface area contributed by atoms with Crippen LogP contribution in [0.2, 0.25) is 10.0 Å². The first kappa shape index (κ1) is 30.5. The Hall–Kier alpha value is -3.04. The van der Waals surface area contributed by atoms with Gasteiger partial charge in [-0.1, -0.05) is 43.0 Å². The standard InChI is InChI=1S/C28H33Cl2NO8/c1-16(13-22(33)25-27(37-15-36-18(3)32)24(35-4)11-12-31-25)28(34)38-17(2)26(19-7-5-6-8-19)39-23-10-9-20(29)14-21(23)30/h9-12,14,16-17,19,26H,5-8,13,15H2,1-4H3/t16-,17+,26+/m1/s1. The number of rotatable bonds is 13. The minimum Gasteiger partial charge on any atom is -0.493 e. The molecule has 0 aliphatic heterocycles. The zero-order valence-electron chi connectivity index (χ0n) is 22.4. The molecule has 1 heterocycles. The monoisotopic (exact) mass is 581 g/mol. The Bertz CT molecular complexity index is 1170. The zero-order chi connectivity index (χ0) is 28.5. The molecule has 9 nitrogen and oxygen atoms in total. The summed E-state index contributed by atoms with van der Waals surface area (Å²) in [6.07, 6.45) is 4.23. The van der Waals surface area contributed by atoms with Crippen LogP contribution in [0, 0.1) is 11.8 Å². The molecule has 1 aliphatic rings. The van der Waals surface area contributed by atoms with E-state index in [2.05, 4.69) is 4.98 Å².